The van der Waals surface area contributed by atoms with Crippen molar-refractivity contribution in [3.63, 3.8) is 0 Å². The molecule has 1 aromatic carbocycles. The molecule has 0 N–H and O–H groups in total. The third kappa shape index (κ3) is 3.13. The van der Waals surface area contributed by atoms with Crippen molar-refractivity contribution in [2.24, 2.45) is 0 Å². The number of hydrogen-bond acceptors (Lipinski definition) is 4. The summed E-state index contributed by atoms with van der Waals surface area (Å²) in [6.45, 7) is 6.70. The highest BCUT2D eigenvalue weighted by molar-refractivity contribution is 5.63. The molecule has 5 heteroatoms. The second kappa shape index (κ2) is 6.69. The predicted molar refractivity (Wildman–Crippen MR) is 90.0 cm³/mol. The van der Waals surface area contributed by atoms with Gasteiger partial charge >= 0.3 is 0 Å². The molecule has 0 aliphatic heterocycles. The van der Waals surface area contributed by atoms with Crippen LogP contribution in [0.5, 0.6) is 11.5 Å². The normalized spacial score (nSPS) is 12.3. The van der Waals surface area contributed by atoms with Crippen LogP contribution in [0.4, 0.5) is 0 Å². The number of fused-ring (bicyclic) bond motifs is 1. The molecule has 23 heavy (non-hydrogen) atoms. The van der Waals surface area contributed by atoms with Crippen LogP contribution in [0.2, 0.25) is 0 Å². The number of benzene rings is 1. The molecule has 0 fully saturated rings. The molecule has 0 aliphatic carbocycles. The molecule has 0 saturated heterocycles. The van der Waals surface area contributed by atoms with E-state index in [9.17, 15) is 0 Å². The summed E-state index contributed by atoms with van der Waals surface area (Å²) in [7, 11) is 0. The third-order valence-corrected chi connectivity index (χ3v) is 3.72. The molecule has 3 rings (SSSR count). The number of ether oxygens (including phenoxy) is 2. The van der Waals surface area contributed by atoms with E-state index in [4.69, 9.17) is 9.47 Å². The van der Waals surface area contributed by atoms with E-state index in [1.807, 2.05) is 53.9 Å². The number of hydrogen-bond donors (Lipinski definition) is 0. The van der Waals surface area contributed by atoms with Crippen LogP contribution in [0.25, 0.3) is 17.0 Å². The first-order valence-electron chi connectivity index (χ1n) is 7.96. The zero-order valence-corrected chi connectivity index (χ0v) is 13.7. The van der Waals surface area contributed by atoms with Gasteiger partial charge < -0.3 is 9.47 Å². The molecule has 0 spiro atoms. The Kier molecular flexibility index (Phi) is 4.46. The molecule has 0 aliphatic rings. The topological polar surface area (TPSA) is 48.7 Å². The van der Waals surface area contributed by atoms with Gasteiger partial charge in [0, 0.05) is 11.8 Å². The predicted octanol–water partition coefficient (Wildman–Crippen LogP) is 3.97. The number of nitrogens with zero attached hydrogens (tertiary/aromatic N) is 3. The van der Waals surface area contributed by atoms with Crippen LogP contribution >= 0.6 is 0 Å². The van der Waals surface area contributed by atoms with Crippen molar-refractivity contribution in [3.05, 3.63) is 42.6 Å². The third-order valence-electron chi connectivity index (χ3n) is 3.72. The summed E-state index contributed by atoms with van der Waals surface area (Å²) in [5, 5.41) is 8.49. The highest BCUT2D eigenvalue weighted by Gasteiger charge is 2.13. The molecule has 5 nitrogen and oxygen atoms in total. The van der Waals surface area contributed by atoms with E-state index in [0.717, 1.165) is 35.0 Å². The lowest BCUT2D eigenvalue weighted by atomic mass is 10.2. The Morgan fingerprint density at radius 3 is 2.74 bits per heavy atom. The average molecular weight is 311 g/mol. The van der Waals surface area contributed by atoms with E-state index >= 15 is 0 Å². The van der Waals surface area contributed by atoms with Crippen LogP contribution < -0.4 is 9.47 Å². The summed E-state index contributed by atoms with van der Waals surface area (Å²) in [6.07, 6.45) is 3.05. The van der Waals surface area contributed by atoms with Gasteiger partial charge in [-0.2, -0.15) is 0 Å². The molecule has 0 amide bonds. The maximum atomic E-state index is 5.94. The monoisotopic (exact) mass is 311 g/mol. The number of rotatable bonds is 6. The zero-order valence-electron chi connectivity index (χ0n) is 13.7. The average Bonchev–Trinajstić information content (AvgIpc) is 3.00. The summed E-state index contributed by atoms with van der Waals surface area (Å²) in [5.74, 6) is 2.29. The molecule has 2 heterocycles. The van der Waals surface area contributed by atoms with Gasteiger partial charge in [0.2, 0.25) is 0 Å². The molecule has 0 bridgehead atoms. The fourth-order valence-corrected chi connectivity index (χ4v) is 2.35. The van der Waals surface area contributed by atoms with E-state index in [0.29, 0.717) is 6.61 Å². The molecule has 1 atom stereocenters. The van der Waals surface area contributed by atoms with Crippen molar-refractivity contribution in [1.82, 2.24) is 14.6 Å². The Morgan fingerprint density at radius 1 is 1.09 bits per heavy atom. The van der Waals surface area contributed by atoms with Gasteiger partial charge in [-0.1, -0.05) is 13.0 Å². The number of aromatic nitrogens is 3. The zero-order chi connectivity index (χ0) is 16.2. The minimum absolute atomic E-state index is 0.147. The molecule has 2 aromatic heterocycles. The molecule has 0 radical (unpaired) electrons. The smallest absolute Gasteiger partial charge is 0.168 e. The van der Waals surface area contributed by atoms with Gasteiger partial charge in [-0.25, -0.2) is 0 Å². The van der Waals surface area contributed by atoms with Crippen LogP contribution in [0.3, 0.4) is 0 Å². The SMILES string of the molecule is CCOc1cc(-c2nnc3ccccn23)ccc1OC(C)CC. The van der Waals surface area contributed by atoms with Crippen LogP contribution in [-0.2, 0) is 0 Å². The van der Waals surface area contributed by atoms with Crippen molar-refractivity contribution in [2.45, 2.75) is 33.3 Å². The first-order chi connectivity index (χ1) is 11.2. The van der Waals surface area contributed by atoms with Gasteiger partial charge in [-0.3, -0.25) is 4.40 Å². The molecule has 3 aromatic rings. The molecular formula is C18H21N3O2. The molecular weight excluding hydrogens is 290 g/mol. The summed E-state index contributed by atoms with van der Waals surface area (Å²) in [5.41, 5.74) is 1.77. The van der Waals surface area contributed by atoms with Crippen LogP contribution in [0.15, 0.2) is 42.6 Å². The van der Waals surface area contributed by atoms with Gasteiger partial charge in [0.1, 0.15) is 0 Å². The van der Waals surface area contributed by atoms with Crippen LogP contribution in [-0.4, -0.2) is 27.3 Å². The Morgan fingerprint density at radius 2 is 1.96 bits per heavy atom. The van der Waals surface area contributed by atoms with Gasteiger partial charge in [0.25, 0.3) is 0 Å². The van der Waals surface area contributed by atoms with Gasteiger partial charge in [0.05, 0.1) is 12.7 Å². The van der Waals surface area contributed by atoms with Crippen molar-refractivity contribution in [2.75, 3.05) is 6.61 Å². The second-order valence-electron chi connectivity index (χ2n) is 5.38. The lowest BCUT2D eigenvalue weighted by Crippen LogP contribution is -2.11. The molecule has 120 valence electrons. The highest BCUT2D eigenvalue weighted by Crippen LogP contribution is 2.33. The first-order valence-corrected chi connectivity index (χ1v) is 7.96. The van der Waals surface area contributed by atoms with Crippen molar-refractivity contribution in [3.8, 4) is 22.9 Å². The standard InChI is InChI=1S/C18H21N3O2/c1-4-13(3)23-15-10-9-14(12-16(15)22-5-2)18-20-19-17-8-6-7-11-21(17)18/h6-13H,4-5H2,1-3H3. The largest absolute Gasteiger partial charge is 0.490 e. The van der Waals surface area contributed by atoms with Gasteiger partial charge in [-0.15, -0.1) is 10.2 Å². The lowest BCUT2D eigenvalue weighted by molar-refractivity contribution is 0.203. The van der Waals surface area contributed by atoms with E-state index in [1.54, 1.807) is 0 Å². The first kappa shape index (κ1) is 15.3. The van der Waals surface area contributed by atoms with Gasteiger partial charge in [0.15, 0.2) is 23.0 Å². The van der Waals surface area contributed by atoms with E-state index in [-0.39, 0.29) is 6.10 Å². The summed E-state index contributed by atoms with van der Waals surface area (Å²) in [4.78, 5) is 0. The van der Waals surface area contributed by atoms with Crippen LogP contribution in [0.1, 0.15) is 27.2 Å². The van der Waals surface area contributed by atoms with Gasteiger partial charge in [-0.05, 0) is 50.6 Å². The Hall–Kier alpha value is -2.56. The van der Waals surface area contributed by atoms with E-state index in [1.165, 1.54) is 0 Å². The quantitative estimate of drug-likeness (QED) is 0.691. The fourth-order valence-electron chi connectivity index (χ4n) is 2.35. The summed E-state index contributed by atoms with van der Waals surface area (Å²) in [6, 6.07) is 11.7. The minimum atomic E-state index is 0.147. The molecule has 1 unspecified atom stereocenters. The van der Waals surface area contributed by atoms with Crippen molar-refractivity contribution >= 4 is 5.65 Å². The lowest BCUT2D eigenvalue weighted by Gasteiger charge is -2.16. The fraction of sp³-hybridized carbons (Fsp3) is 0.333. The summed E-state index contributed by atoms with van der Waals surface area (Å²) < 4.78 is 13.6. The maximum absolute atomic E-state index is 5.94. The Labute approximate surface area is 135 Å². The maximum Gasteiger partial charge on any atom is 0.168 e. The van der Waals surface area contributed by atoms with E-state index in [2.05, 4.69) is 24.0 Å². The second-order valence-corrected chi connectivity index (χ2v) is 5.38. The van der Waals surface area contributed by atoms with Crippen molar-refractivity contribution < 1.29 is 9.47 Å². The molecule has 0 saturated carbocycles. The van der Waals surface area contributed by atoms with Crippen LogP contribution in [0, 0.1) is 0 Å². The highest BCUT2D eigenvalue weighted by atomic mass is 16.5. The Balaban J connectivity index is 2.01. The van der Waals surface area contributed by atoms with E-state index < -0.39 is 0 Å². The summed E-state index contributed by atoms with van der Waals surface area (Å²) >= 11 is 0. The Bertz CT molecular complexity index is 798. The number of pyridine rings is 1. The van der Waals surface area contributed by atoms with Crippen molar-refractivity contribution in [1.29, 1.82) is 0 Å². The minimum Gasteiger partial charge on any atom is -0.490 e.